The number of nitrogens with one attached hydrogen (secondary N) is 7. The minimum absolute atomic E-state index is 0.00139. The van der Waals surface area contributed by atoms with Crippen molar-refractivity contribution in [1.82, 2.24) is 42.1 Å². The van der Waals surface area contributed by atoms with Gasteiger partial charge in [-0.05, 0) is 57.1 Å². The van der Waals surface area contributed by atoms with Gasteiger partial charge in [0, 0.05) is 18.7 Å². The zero-order valence-electron chi connectivity index (χ0n) is 36.9. The first-order chi connectivity index (χ1) is 30.9. The number of nitrogens with two attached hydrogens (primary N) is 2. The van der Waals surface area contributed by atoms with Crippen LogP contribution in [0.1, 0.15) is 64.9 Å². The van der Waals surface area contributed by atoms with Crippen LogP contribution in [0.3, 0.4) is 0 Å². The fourth-order valence-corrected chi connectivity index (χ4v) is 6.92. The van der Waals surface area contributed by atoms with Crippen molar-refractivity contribution < 1.29 is 63.6 Å². The third-order valence-corrected chi connectivity index (χ3v) is 11.2. The highest BCUT2D eigenvalue weighted by molar-refractivity contribution is 7.80. The molecule has 1 aliphatic rings. The van der Waals surface area contributed by atoms with Gasteiger partial charge in [-0.15, -0.1) is 0 Å². The second kappa shape index (κ2) is 28.5. The van der Waals surface area contributed by atoms with E-state index in [0.717, 1.165) is 0 Å². The number of likely N-dealkylation sites (tertiary alicyclic amines) is 1. The summed E-state index contributed by atoms with van der Waals surface area (Å²) in [6.45, 7) is 2.50. The van der Waals surface area contributed by atoms with E-state index in [9.17, 15) is 63.6 Å². The Morgan fingerprint density at radius 2 is 1.23 bits per heavy atom. The lowest BCUT2D eigenvalue weighted by Crippen LogP contribution is -2.61. The van der Waals surface area contributed by atoms with Crippen molar-refractivity contribution in [2.45, 2.75) is 120 Å². The van der Waals surface area contributed by atoms with Crippen LogP contribution in [0, 0.1) is 5.92 Å². The molecule has 0 aliphatic carbocycles. The lowest BCUT2D eigenvalue weighted by Gasteiger charge is -2.31. The molecule has 2 rings (SSSR count). The van der Waals surface area contributed by atoms with Crippen LogP contribution < -0.4 is 48.7 Å². The first-order valence-corrected chi connectivity index (χ1v) is 22.1. The number of unbranched alkanes of at least 4 members (excludes halogenated alkanes) is 1. The number of carbonyl (C=O) groups excluding carboxylic acids is 8. The summed E-state index contributed by atoms with van der Waals surface area (Å²) >= 11 is 4.20. The van der Waals surface area contributed by atoms with Crippen LogP contribution in [-0.2, 0) is 49.6 Å². The van der Waals surface area contributed by atoms with Crippen LogP contribution in [0.5, 0.6) is 0 Å². The third kappa shape index (κ3) is 17.5. The molecule has 65 heavy (non-hydrogen) atoms. The Morgan fingerprint density at radius 3 is 1.78 bits per heavy atom. The fraction of sp³-hybridized carbons (Fsp3) is 0.634. The van der Waals surface area contributed by atoms with Crippen molar-refractivity contribution in [1.29, 1.82) is 0 Å². The standard InChI is InChI=1S/C41H66N10O13S/c1-4-22(2)32(40(62)51-16-10-14-31(51)41(63)64)50-38(60)29(20-54)47-33(55)23(3)44-37(59)28(19-53)48-35(57)26(13-8-9-15-42)45-39(61)30(21-65)49-36(58)27(46-34(56)25(43)18-52)17-24-11-6-5-7-12-24/h5-7,11-12,22-23,25-32,52-54,65H,4,8-10,13-21,42-43H2,1-3H3,(H,44,59)(H,45,61)(H,46,56)(H,47,55)(H,48,57)(H,49,58)(H,50,60)(H,63,64)/t22-,23-,25-,26-,27-,28-,29-,30-,31-,32-/m0/s1. The molecule has 1 fully saturated rings. The summed E-state index contributed by atoms with van der Waals surface area (Å²) < 4.78 is 0. The van der Waals surface area contributed by atoms with E-state index >= 15 is 0 Å². The molecule has 0 unspecified atom stereocenters. The Bertz CT molecular complexity index is 1780. The van der Waals surface area contributed by atoms with E-state index in [1.807, 2.05) is 0 Å². The monoisotopic (exact) mass is 938 g/mol. The number of nitrogens with zero attached hydrogens (tertiary/aromatic N) is 1. The van der Waals surface area contributed by atoms with E-state index in [1.165, 1.54) is 11.8 Å². The number of aliphatic hydroxyl groups excluding tert-OH is 3. The molecule has 0 spiro atoms. The van der Waals surface area contributed by atoms with E-state index in [1.54, 1.807) is 44.2 Å². The Kier molecular flexibility index (Phi) is 24.4. The summed E-state index contributed by atoms with van der Waals surface area (Å²) in [7, 11) is 0. The van der Waals surface area contributed by atoms with Crippen molar-refractivity contribution in [2.75, 3.05) is 38.7 Å². The number of carboxylic acid groups (broad SMARTS) is 1. The molecular weight excluding hydrogens is 873 g/mol. The molecule has 23 nitrogen and oxygen atoms in total. The molecule has 0 saturated carbocycles. The van der Waals surface area contributed by atoms with Gasteiger partial charge in [0.1, 0.15) is 54.4 Å². The molecule has 1 aromatic rings. The highest BCUT2D eigenvalue weighted by Crippen LogP contribution is 2.21. The zero-order chi connectivity index (χ0) is 48.8. The van der Waals surface area contributed by atoms with E-state index in [-0.39, 0.29) is 38.1 Å². The highest BCUT2D eigenvalue weighted by atomic mass is 32.1. The van der Waals surface area contributed by atoms with Gasteiger partial charge < -0.3 is 74.0 Å². The second-order valence-corrected chi connectivity index (χ2v) is 16.1. The summed E-state index contributed by atoms with van der Waals surface area (Å²) in [6, 6.07) is -3.58. The number of amides is 8. The Morgan fingerprint density at radius 1 is 0.708 bits per heavy atom. The quantitative estimate of drug-likeness (QED) is 0.0277. The van der Waals surface area contributed by atoms with Gasteiger partial charge in [-0.2, -0.15) is 12.6 Å². The maximum Gasteiger partial charge on any atom is 0.326 e. The van der Waals surface area contributed by atoms with Gasteiger partial charge in [-0.1, -0.05) is 50.6 Å². The average Bonchev–Trinajstić information content (AvgIpc) is 3.80. The van der Waals surface area contributed by atoms with Crippen molar-refractivity contribution >= 4 is 65.9 Å². The summed E-state index contributed by atoms with van der Waals surface area (Å²) in [6.07, 6.45) is 1.87. The first-order valence-electron chi connectivity index (χ1n) is 21.5. The largest absolute Gasteiger partial charge is 0.480 e. The van der Waals surface area contributed by atoms with Gasteiger partial charge in [0.15, 0.2) is 0 Å². The molecule has 1 aromatic carbocycles. The molecule has 0 radical (unpaired) electrons. The molecule has 0 aromatic heterocycles. The molecule has 24 heteroatoms. The fourth-order valence-electron chi connectivity index (χ4n) is 6.66. The molecule has 10 atom stereocenters. The maximum atomic E-state index is 13.6. The van der Waals surface area contributed by atoms with Crippen LogP contribution in [0.25, 0.3) is 0 Å². The summed E-state index contributed by atoms with van der Waals surface area (Å²) in [5.74, 6) is -8.90. The first kappa shape index (κ1) is 55.7. The Hall–Kier alpha value is -5.40. The second-order valence-electron chi connectivity index (χ2n) is 15.7. The topological polar surface area (TPSA) is 374 Å². The number of aliphatic hydroxyl groups is 3. The minimum Gasteiger partial charge on any atom is -0.480 e. The minimum atomic E-state index is -1.67. The molecule has 1 aliphatic heterocycles. The smallest absolute Gasteiger partial charge is 0.326 e. The number of hydrogen-bond acceptors (Lipinski definition) is 15. The van der Waals surface area contributed by atoms with E-state index in [0.29, 0.717) is 31.2 Å². The number of carboxylic acids is 1. The van der Waals surface area contributed by atoms with E-state index in [4.69, 9.17) is 11.5 Å². The van der Waals surface area contributed by atoms with E-state index in [2.05, 4.69) is 49.8 Å². The molecule has 364 valence electrons. The van der Waals surface area contributed by atoms with Crippen molar-refractivity contribution in [3.63, 3.8) is 0 Å². The van der Waals surface area contributed by atoms with Gasteiger partial charge in [-0.25, -0.2) is 4.79 Å². The van der Waals surface area contributed by atoms with Crippen LogP contribution >= 0.6 is 12.6 Å². The lowest BCUT2D eigenvalue weighted by molar-refractivity contribution is -0.150. The molecule has 1 saturated heterocycles. The van der Waals surface area contributed by atoms with Gasteiger partial charge in [0.2, 0.25) is 47.3 Å². The van der Waals surface area contributed by atoms with Crippen LogP contribution in [0.4, 0.5) is 0 Å². The average molecular weight is 939 g/mol. The molecule has 0 bridgehead atoms. The van der Waals surface area contributed by atoms with Crippen LogP contribution in [-0.4, -0.2) is 172 Å². The number of rotatable bonds is 28. The van der Waals surface area contributed by atoms with Crippen LogP contribution in [0.2, 0.25) is 0 Å². The molecular formula is C41H66N10O13S. The van der Waals surface area contributed by atoms with Crippen molar-refractivity contribution in [3.05, 3.63) is 35.9 Å². The maximum absolute atomic E-state index is 13.6. The predicted molar refractivity (Wildman–Crippen MR) is 237 cm³/mol. The summed E-state index contributed by atoms with van der Waals surface area (Å²) in [5.41, 5.74) is 11.9. The van der Waals surface area contributed by atoms with Gasteiger partial charge in [0.05, 0.1) is 19.8 Å². The van der Waals surface area contributed by atoms with Gasteiger partial charge in [0.25, 0.3) is 0 Å². The predicted octanol–water partition coefficient (Wildman–Crippen LogP) is -4.87. The highest BCUT2D eigenvalue weighted by Gasteiger charge is 2.40. The number of benzene rings is 1. The summed E-state index contributed by atoms with van der Waals surface area (Å²) in [5, 5.41) is 56.0. The Balaban J connectivity index is 2.13. The Labute approximate surface area is 382 Å². The lowest BCUT2D eigenvalue weighted by atomic mass is 9.97. The molecule has 8 amide bonds. The third-order valence-electron chi connectivity index (χ3n) is 10.8. The van der Waals surface area contributed by atoms with Crippen molar-refractivity contribution in [2.24, 2.45) is 17.4 Å². The van der Waals surface area contributed by atoms with Crippen molar-refractivity contribution in [3.8, 4) is 0 Å². The SMILES string of the molecule is CC[C@H](C)[C@H](NC(=O)[C@H](CO)NC(=O)[C@H](C)NC(=O)[C@H](CO)NC(=O)[C@H](CCCCN)NC(=O)[C@H](CS)NC(=O)[C@H](Cc1ccccc1)NC(=O)[C@@H](N)CO)C(=O)N1CCC[C@H]1C(=O)O. The van der Waals surface area contributed by atoms with Gasteiger partial charge >= 0.3 is 5.97 Å². The van der Waals surface area contributed by atoms with E-state index < -0.39 is 133 Å². The number of hydrogen-bond donors (Lipinski definition) is 14. The number of aliphatic carboxylic acids is 1. The zero-order valence-corrected chi connectivity index (χ0v) is 37.8. The normalized spacial score (nSPS) is 17.6. The van der Waals surface area contributed by atoms with Crippen LogP contribution in [0.15, 0.2) is 30.3 Å². The summed E-state index contributed by atoms with van der Waals surface area (Å²) in [4.78, 5) is 119. The molecule has 15 N–H and O–H groups in total. The number of carbonyl (C=O) groups is 9. The molecule has 1 heterocycles. The van der Waals surface area contributed by atoms with Gasteiger partial charge in [-0.3, -0.25) is 38.4 Å². The number of thiol groups is 1.